The third-order valence-corrected chi connectivity index (χ3v) is 3.62. The number of nitrogens with zero attached hydrogens (tertiary/aromatic N) is 1. The van der Waals surface area contributed by atoms with Crippen LogP contribution in [0.1, 0.15) is 5.56 Å². The van der Waals surface area contributed by atoms with Gasteiger partial charge in [0.15, 0.2) is 0 Å². The molecule has 0 radical (unpaired) electrons. The maximum Gasteiger partial charge on any atom is 0.116 e. The lowest BCUT2D eigenvalue weighted by Gasteiger charge is -1.95. The van der Waals surface area contributed by atoms with E-state index in [4.69, 9.17) is 5.73 Å². The molecule has 0 fully saturated rings. The molecule has 4 heteroatoms. The molecule has 0 spiro atoms. The number of anilines is 1. The summed E-state index contributed by atoms with van der Waals surface area (Å²) in [6.45, 7) is 2.09. The highest BCUT2D eigenvalue weighted by atomic mass is 15.1. The first-order valence-electron chi connectivity index (χ1n) is 6.54. The third kappa shape index (κ3) is 1.58. The lowest BCUT2D eigenvalue weighted by atomic mass is 10.1. The van der Waals surface area contributed by atoms with Crippen LogP contribution < -0.4 is 5.73 Å². The maximum absolute atomic E-state index is 5.87. The van der Waals surface area contributed by atoms with Crippen LogP contribution in [0.25, 0.3) is 33.2 Å². The van der Waals surface area contributed by atoms with Crippen LogP contribution >= 0.6 is 0 Å². The SMILES string of the molecule is Cc1ccc2cc(-c3n[nH]c4ccc(N)cc34)[nH]c2c1. The summed E-state index contributed by atoms with van der Waals surface area (Å²) in [4.78, 5) is 3.43. The minimum absolute atomic E-state index is 0.743. The Kier molecular flexibility index (Phi) is 2.15. The van der Waals surface area contributed by atoms with Crippen LogP contribution in [0, 0.1) is 6.92 Å². The Balaban J connectivity index is 1.98. The highest BCUT2D eigenvalue weighted by molar-refractivity contribution is 5.97. The van der Waals surface area contributed by atoms with Crippen molar-refractivity contribution in [1.29, 1.82) is 0 Å². The highest BCUT2D eigenvalue weighted by Crippen LogP contribution is 2.29. The molecule has 0 atom stereocenters. The van der Waals surface area contributed by atoms with Crippen molar-refractivity contribution in [2.24, 2.45) is 0 Å². The lowest BCUT2D eigenvalue weighted by molar-refractivity contribution is 1.12. The second-order valence-corrected chi connectivity index (χ2v) is 5.15. The molecule has 0 amide bonds. The number of rotatable bonds is 1. The van der Waals surface area contributed by atoms with E-state index in [1.807, 2.05) is 18.2 Å². The number of aromatic amines is 2. The minimum Gasteiger partial charge on any atom is -0.399 e. The van der Waals surface area contributed by atoms with Gasteiger partial charge in [-0.15, -0.1) is 0 Å². The van der Waals surface area contributed by atoms with Gasteiger partial charge >= 0.3 is 0 Å². The fraction of sp³-hybridized carbons (Fsp3) is 0.0625. The Morgan fingerprint density at radius 2 is 1.90 bits per heavy atom. The molecule has 0 aliphatic carbocycles. The van der Waals surface area contributed by atoms with E-state index in [1.54, 1.807) is 0 Å². The molecular formula is C16H14N4. The van der Waals surface area contributed by atoms with Crippen LogP contribution in [0.15, 0.2) is 42.5 Å². The maximum atomic E-state index is 5.87. The van der Waals surface area contributed by atoms with Gasteiger partial charge in [0, 0.05) is 22.0 Å². The summed E-state index contributed by atoms with van der Waals surface area (Å²) in [5, 5.41) is 9.68. The molecule has 2 heterocycles. The van der Waals surface area contributed by atoms with Crippen molar-refractivity contribution >= 4 is 27.5 Å². The molecule has 0 saturated carbocycles. The van der Waals surface area contributed by atoms with Crippen LogP contribution in [-0.4, -0.2) is 15.2 Å². The number of aromatic nitrogens is 3. The smallest absolute Gasteiger partial charge is 0.116 e. The second kappa shape index (κ2) is 3.87. The zero-order valence-corrected chi connectivity index (χ0v) is 11.1. The van der Waals surface area contributed by atoms with Gasteiger partial charge in [-0.1, -0.05) is 12.1 Å². The Morgan fingerprint density at radius 3 is 2.80 bits per heavy atom. The van der Waals surface area contributed by atoms with E-state index in [0.29, 0.717) is 0 Å². The monoisotopic (exact) mass is 262 g/mol. The van der Waals surface area contributed by atoms with Crippen molar-refractivity contribution in [3.05, 3.63) is 48.0 Å². The fourth-order valence-corrected chi connectivity index (χ4v) is 2.61. The molecule has 2 aromatic carbocycles. The molecule has 0 bridgehead atoms. The summed E-state index contributed by atoms with van der Waals surface area (Å²) in [6.07, 6.45) is 0. The van der Waals surface area contributed by atoms with Gasteiger partial charge in [-0.05, 0) is 42.8 Å². The number of benzene rings is 2. The molecular weight excluding hydrogens is 248 g/mol. The number of nitrogen functional groups attached to an aromatic ring is 1. The zero-order chi connectivity index (χ0) is 13.7. The van der Waals surface area contributed by atoms with Crippen molar-refractivity contribution in [3.8, 4) is 11.4 Å². The van der Waals surface area contributed by atoms with Crippen LogP contribution in [0.5, 0.6) is 0 Å². The molecule has 4 nitrogen and oxygen atoms in total. The van der Waals surface area contributed by atoms with E-state index in [0.717, 1.165) is 33.5 Å². The molecule has 4 N–H and O–H groups in total. The normalized spacial score (nSPS) is 11.4. The van der Waals surface area contributed by atoms with Gasteiger partial charge in [0.1, 0.15) is 5.69 Å². The Hall–Kier alpha value is -2.75. The molecule has 0 unspecified atom stereocenters. The topological polar surface area (TPSA) is 70.5 Å². The van der Waals surface area contributed by atoms with Gasteiger partial charge in [0.2, 0.25) is 0 Å². The van der Waals surface area contributed by atoms with E-state index in [-0.39, 0.29) is 0 Å². The molecule has 4 aromatic rings. The van der Waals surface area contributed by atoms with Crippen molar-refractivity contribution < 1.29 is 0 Å². The van der Waals surface area contributed by atoms with Crippen LogP contribution in [0.2, 0.25) is 0 Å². The Morgan fingerprint density at radius 1 is 1.00 bits per heavy atom. The molecule has 0 saturated heterocycles. The summed E-state index contributed by atoms with van der Waals surface area (Å²) in [6, 6.07) is 14.3. The predicted molar refractivity (Wildman–Crippen MR) is 82.5 cm³/mol. The zero-order valence-electron chi connectivity index (χ0n) is 11.1. The number of nitrogens with one attached hydrogen (secondary N) is 2. The van der Waals surface area contributed by atoms with Gasteiger partial charge in [0.05, 0.1) is 11.2 Å². The van der Waals surface area contributed by atoms with Crippen LogP contribution in [0.3, 0.4) is 0 Å². The second-order valence-electron chi connectivity index (χ2n) is 5.15. The van der Waals surface area contributed by atoms with Crippen molar-refractivity contribution in [2.45, 2.75) is 6.92 Å². The number of nitrogens with two attached hydrogens (primary N) is 1. The van der Waals surface area contributed by atoms with Gasteiger partial charge in [0.25, 0.3) is 0 Å². The van der Waals surface area contributed by atoms with Gasteiger partial charge in [-0.25, -0.2) is 0 Å². The van der Waals surface area contributed by atoms with Gasteiger partial charge in [-0.2, -0.15) is 5.10 Å². The average molecular weight is 262 g/mol. The Bertz CT molecular complexity index is 930. The van der Waals surface area contributed by atoms with Crippen LogP contribution in [0.4, 0.5) is 5.69 Å². The summed E-state index contributed by atoms with van der Waals surface area (Å²) >= 11 is 0. The summed E-state index contributed by atoms with van der Waals surface area (Å²) < 4.78 is 0. The number of H-pyrrole nitrogens is 2. The summed E-state index contributed by atoms with van der Waals surface area (Å²) in [5.41, 5.74) is 11.9. The first kappa shape index (κ1) is 11.1. The summed E-state index contributed by atoms with van der Waals surface area (Å²) in [7, 11) is 0. The Labute approximate surface area is 115 Å². The largest absolute Gasteiger partial charge is 0.399 e. The number of hydrogen-bond acceptors (Lipinski definition) is 2. The minimum atomic E-state index is 0.743. The average Bonchev–Trinajstić information content (AvgIpc) is 3.00. The van der Waals surface area contributed by atoms with Crippen molar-refractivity contribution in [1.82, 2.24) is 15.2 Å². The van der Waals surface area contributed by atoms with Crippen LogP contribution in [-0.2, 0) is 0 Å². The number of hydrogen-bond donors (Lipinski definition) is 3. The summed E-state index contributed by atoms with van der Waals surface area (Å²) in [5.74, 6) is 0. The third-order valence-electron chi connectivity index (χ3n) is 3.62. The predicted octanol–water partition coefficient (Wildman–Crippen LogP) is 3.60. The van der Waals surface area contributed by atoms with E-state index in [2.05, 4.69) is 46.4 Å². The first-order valence-corrected chi connectivity index (χ1v) is 6.54. The molecule has 4 rings (SSSR count). The molecule has 0 aliphatic rings. The van der Waals surface area contributed by atoms with Gasteiger partial charge in [-0.3, -0.25) is 5.10 Å². The van der Waals surface area contributed by atoms with E-state index in [9.17, 15) is 0 Å². The molecule has 20 heavy (non-hydrogen) atoms. The molecule has 98 valence electrons. The number of aryl methyl sites for hydroxylation is 1. The number of fused-ring (bicyclic) bond motifs is 2. The van der Waals surface area contributed by atoms with E-state index >= 15 is 0 Å². The fourth-order valence-electron chi connectivity index (χ4n) is 2.61. The molecule has 0 aliphatic heterocycles. The lowest BCUT2D eigenvalue weighted by Crippen LogP contribution is -1.83. The molecule has 2 aromatic heterocycles. The highest BCUT2D eigenvalue weighted by Gasteiger charge is 2.11. The van der Waals surface area contributed by atoms with Crippen molar-refractivity contribution in [3.63, 3.8) is 0 Å². The van der Waals surface area contributed by atoms with E-state index in [1.165, 1.54) is 10.9 Å². The standard InChI is InChI=1S/C16H14N4/c1-9-2-3-10-7-15(18-14(10)6-9)16-12-8-11(17)4-5-13(12)19-20-16/h2-8,18H,17H2,1H3,(H,19,20). The van der Waals surface area contributed by atoms with Gasteiger partial charge < -0.3 is 10.7 Å². The van der Waals surface area contributed by atoms with E-state index < -0.39 is 0 Å². The first-order chi connectivity index (χ1) is 9.70. The quantitative estimate of drug-likeness (QED) is 0.459. The van der Waals surface area contributed by atoms with Crippen molar-refractivity contribution in [2.75, 3.05) is 5.73 Å².